The average Bonchev–Trinajstić information content (AvgIpc) is 2.36. The molecule has 3 N–H and O–H groups in total. The fraction of sp³-hybridized carbons (Fsp3) is 0.0714. The van der Waals surface area contributed by atoms with Crippen LogP contribution in [0.4, 0.5) is 0 Å². The third-order valence-electron chi connectivity index (χ3n) is 3.10. The smallest absolute Gasteiger partial charge is 0.204 e. The van der Waals surface area contributed by atoms with E-state index in [0.29, 0.717) is 5.56 Å². The Hall–Kier alpha value is -2.69. The summed E-state index contributed by atoms with van der Waals surface area (Å²) in [6.45, 7) is 1.67. The molecule has 96 valence electrons. The highest BCUT2D eigenvalue weighted by atomic mass is 16.4. The molecule has 0 aliphatic rings. The Morgan fingerprint density at radius 2 is 1.68 bits per heavy atom. The van der Waals surface area contributed by atoms with Crippen LogP contribution in [0.15, 0.2) is 33.5 Å². The van der Waals surface area contributed by atoms with Crippen LogP contribution in [0.2, 0.25) is 0 Å². The first-order valence-corrected chi connectivity index (χ1v) is 5.60. The van der Waals surface area contributed by atoms with Crippen LogP contribution in [-0.2, 0) is 0 Å². The third-order valence-corrected chi connectivity index (χ3v) is 3.10. The standard InChI is InChI=1S/C14H10O5/c1-6-4-11-7(5-10(6)17)13(18)12-8(15)2-3-9(16)14(12)19-11/h2-5,15-17H,1H3. The van der Waals surface area contributed by atoms with Gasteiger partial charge in [-0.2, -0.15) is 0 Å². The number of rotatable bonds is 0. The molecule has 1 heterocycles. The van der Waals surface area contributed by atoms with E-state index in [-0.39, 0.29) is 39.2 Å². The van der Waals surface area contributed by atoms with Gasteiger partial charge in [0.15, 0.2) is 11.3 Å². The zero-order valence-electron chi connectivity index (χ0n) is 9.97. The van der Waals surface area contributed by atoms with Crippen molar-refractivity contribution in [3.8, 4) is 17.2 Å². The highest BCUT2D eigenvalue weighted by Crippen LogP contribution is 2.33. The normalized spacial score (nSPS) is 11.2. The van der Waals surface area contributed by atoms with Gasteiger partial charge in [-0.3, -0.25) is 4.79 Å². The van der Waals surface area contributed by atoms with Crippen LogP contribution in [-0.4, -0.2) is 15.3 Å². The summed E-state index contributed by atoms with van der Waals surface area (Å²) in [6, 6.07) is 5.27. The molecule has 0 radical (unpaired) electrons. The van der Waals surface area contributed by atoms with E-state index in [4.69, 9.17) is 4.42 Å². The fourth-order valence-electron chi connectivity index (χ4n) is 2.06. The van der Waals surface area contributed by atoms with Crippen molar-refractivity contribution in [3.63, 3.8) is 0 Å². The van der Waals surface area contributed by atoms with E-state index in [0.717, 1.165) is 0 Å². The van der Waals surface area contributed by atoms with Gasteiger partial charge < -0.3 is 19.7 Å². The van der Waals surface area contributed by atoms with Gasteiger partial charge in [-0.25, -0.2) is 0 Å². The molecule has 2 aromatic carbocycles. The second kappa shape index (κ2) is 3.65. The molecule has 0 spiro atoms. The van der Waals surface area contributed by atoms with Crippen molar-refractivity contribution in [2.24, 2.45) is 0 Å². The van der Waals surface area contributed by atoms with Crippen molar-refractivity contribution in [3.05, 3.63) is 40.1 Å². The molecule has 0 atom stereocenters. The maximum Gasteiger partial charge on any atom is 0.204 e. The SMILES string of the molecule is Cc1cc2oc3c(O)ccc(O)c3c(=O)c2cc1O. The van der Waals surface area contributed by atoms with Crippen LogP contribution in [0.1, 0.15) is 5.56 Å². The van der Waals surface area contributed by atoms with Crippen molar-refractivity contribution < 1.29 is 19.7 Å². The van der Waals surface area contributed by atoms with E-state index >= 15 is 0 Å². The zero-order valence-corrected chi connectivity index (χ0v) is 9.97. The Balaban J connectivity index is 2.64. The summed E-state index contributed by atoms with van der Waals surface area (Å²) in [5.74, 6) is -0.528. The fourth-order valence-corrected chi connectivity index (χ4v) is 2.06. The van der Waals surface area contributed by atoms with Crippen LogP contribution in [0.25, 0.3) is 21.9 Å². The number of aromatic hydroxyl groups is 3. The molecule has 0 aliphatic heterocycles. The molecule has 5 heteroatoms. The lowest BCUT2D eigenvalue weighted by atomic mass is 10.1. The van der Waals surface area contributed by atoms with Crippen LogP contribution in [0.3, 0.4) is 0 Å². The Morgan fingerprint density at radius 1 is 1.00 bits per heavy atom. The van der Waals surface area contributed by atoms with Gasteiger partial charge in [0.25, 0.3) is 0 Å². The van der Waals surface area contributed by atoms with Gasteiger partial charge >= 0.3 is 0 Å². The average molecular weight is 258 g/mol. The molecular weight excluding hydrogens is 248 g/mol. The minimum absolute atomic E-state index is 0.0289. The second-order valence-corrected chi connectivity index (χ2v) is 4.37. The predicted molar refractivity (Wildman–Crippen MR) is 69.7 cm³/mol. The first-order valence-electron chi connectivity index (χ1n) is 5.60. The lowest BCUT2D eigenvalue weighted by Crippen LogP contribution is -2.02. The van der Waals surface area contributed by atoms with Crippen LogP contribution in [0.5, 0.6) is 17.2 Å². The van der Waals surface area contributed by atoms with Crippen LogP contribution >= 0.6 is 0 Å². The van der Waals surface area contributed by atoms with Crippen molar-refractivity contribution >= 4 is 21.9 Å². The van der Waals surface area contributed by atoms with Crippen molar-refractivity contribution in [1.29, 1.82) is 0 Å². The van der Waals surface area contributed by atoms with Crippen LogP contribution in [0, 0.1) is 6.92 Å². The van der Waals surface area contributed by atoms with Gasteiger partial charge in [0.2, 0.25) is 5.43 Å². The maximum atomic E-state index is 12.3. The molecule has 0 saturated heterocycles. The maximum absolute atomic E-state index is 12.3. The summed E-state index contributed by atoms with van der Waals surface area (Å²) in [5.41, 5.74) is 0.228. The summed E-state index contributed by atoms with van der Waals surface area (Å²) in [5, 5.41) is 29.1. The Bertz CT molecular complexity index is 877. The van der Waals surface area contributed by atoms with Crippen molar-refractivity contribution in [2.75, 3.05) is 0 Å². The molecule has 3 aromatic rings. The number of phenolic OH excluding ortho intramolecular Hbond substituents is 3. The lowest BCUT2D eigenvalue weighted by Gasteiger charge is -2.06. The van der Waals surface area contributed by atoms with E-state index in [1.54, 1.807) is 6.92 Å². The largest absolute Gasteiger partial charge is 0.508 e. The summed E-state index contributed by atoms with van der Waals surface area (Å²) >= 11 is 0. The van der Waals surface area contributed by atoms with E-state index < -0.39 is 5.43 Å². The number of hydrogen-bond donors (Lipinski definition) is 3. The van der Waals surface area contributed by atoms with E-state index in [1.807, 2.05) is 0 Å². The number of fused-ring (bicyclic) bond motifs is 2. The van der Waals surface area contributed by atoms with Gasteiger partial charge in [-0.05, 0) is 36.8 Å². The molecule has 0 fully saturated rings. The Morgan fingerprint density at radius 3 is 2.42 bits per heavy atom. The van der Waals surface area contributed by atoms with Crippen molar-refractivity contribution in [1.82, 2.24) is 0 Å². The highest BCUT2D eigenvalue weighted by Gasteiger charge is 2.15. The quantitative estimate of drug-likeness (QED) is 0.425. The van der Waals surface area contributed by atoms with Gasteiger partial charge in [0.1, 0.15) is 22.5 Å². The van der Waals surface area contributed by atoms with Gasteiger partial charge in [0.05, 0.1) is 5.39 Å². The molecule has 0 unspecified atom stereocenters. The summed E-state index contributed by atoms with van der Waals surface area (Å²) in [6.07, 6.45) is 0. The van der Waals surface area contributed by atoms with Crippen LogP contribution < -0.4 is 5.43 Å². The first-order chi connectivity index (χ1) is 8.99. The molecule has 3 rings (SSSR count). The van der Waals surface area contributed by atoms with E-state index in [9.17, 15) is 20.1 Å². The minimum atomic E-state index is -0.500. The van der Waals surface area contributed by atoms with Gasteiger partial charge in [-0.1, -0.05) is 0 Å². The molecule has 5 nitrogen and oxygen atoms in total. The highest BCUT2D eigenvalue weighted by molar-refractivity contribution is 5.96. The third kappa shape index (κ3) is 1.52. The number of benzene rings is 2. The topological polar surface area (TPSA) is 90.9 Å². The number of phenols is 3. The molecular formula is C14H10O5. The molecule has 0 bridgehead atoms. The molecule has 0 aliphatic carbocycles. The molecule has 1 aromatic heterocycles. The molecule has 0 amide bonds. The molecule has 19 heavy (non-hydrogen) atoms. The predicted octanol–water partition coefficient (Wildman–Crippen LogP) is 2.37. The first kappa shape index (κ1) is 11.4. The number of hydrogen-bond acceptors (Lipinski definition) is 5. The zero-order chi connectivity index (χ0) is 13.7. The molecule has 0 saturated carbocycles. The van der Waals surface area contributed by atoms with Gasteiger partial charge in [0, 0.05) is 0 Å². The number of aryl methyl sites for hydroxylation is 1. The monoisotopic (exact) mass is 258 g/mol. The van der Waals surface area contributed by atoms with Gasteiger partial charge in [-0.15, -0.1) is 0 Å². The summed E-state index contributed by atoms with van der Waals surface area (Å²) < 4.78 is 5.45. The summed E-state index contributed by atoms with van der Waals surface area (Å²) in [4.78, 5) is 12.3. The van der Waals surface area contributed by atoms with E-state index in [2.05, 4.69) is 0 Å². The lowest BCUT2D eigenvalue weighted by molar-refractivity contribution is 0.457. The minimum Gasteiger partial charge on any atom is -0.508 e. The summed E-state index contributed by atoms with van der Waals surface area (Å²) in [7, 11) is 0. The second-order valence-electron chi connectivity index (χ2n) is 4.37. The van der Waals surface area contributed by atoms with E-state index in [1.165, 1.54) is 24.3 Å². The van der Waals surface area contributed by atoms with Crippen molar-refractivity contribution in [2.45, 2.75) is 6.92 Å². The Labute approximate surface area is 107 Å². The Kier molecular flexibility index (Phi) is 2.19.